The molecule has 1 unspecified atom stereocenters. The van der Waals surface area contributed by atoms with E-state index < -0.39 is 0 Å². The fourth-order valence-electron chi connectivity index (χ4n) is 3.75. The highest BCUT2D eigenvalue weighted by Crippen LogP contribution is 2.46. The molecule has 2 rings (SSSR count). The second kappa shape index (κ2) is 5.48. The van der Waals surface area contributed by atoms with E-state index in [4.69, 9.17) is 5.73 Å². The van der Waals surface area contributed by atoms with Gasteiger partial charge < -0.3 is 10.6 Å². The third-order valence-corrected chi connectivity index (χ3v) is 5.40. The Hall–Kier alpha value is -0.120. The first-order chi connectivity index (χ1) is 8.48. The Balaban J connectivity index is 1.97. The summed E-state index contributed by atoms with van der Waals surface area (Å²) < 4.78 is 0. The average Bonchev–Trinajstić information content (AvgIpc) is 2.28. The molecule has 3 heteroatoms. The van der Waals surface area contributed by atoms with Crippen molar-refractivity contribution in [3.8, 4) is 0 Å². The number of rotatable bonds is 4. The smallest absolute Gasteiger partial charge is 0.0337 e. The molecule has 0 aromatic carbocycles. The van der Waals surface area contributed by atoms with E-state index in [-0.39, 0.29) is 0 Å². The topological polar surface area (TPSA) is 32.5 Å². The van der Waals surface area contributed by atoms with Crippen molar-refractivity contribution in [3.63, 3.8) is 0 Å². The van der Waals surface area contributed by atoms with Gasteiger partial charge >= 0.3 is 0 Å². The zero-order valence-corrected chi connectivity index (χ0v) is 12.7. The SMILES string of the molecule is CC(C)C1CC(CN)(N2CCCC(N(C)C)C2)C1. The van der Waals surface area contributed by atoms with Crippen LogP contribution in [0.15, 0.2) is 0 Å². The minimum atomic E-state index is 0.337. The van der Waals surface area contributed by atoms with Crippen molar-refractivity contribution in [2.75, 3.05) is 33.7 Å². The van der Waals surface area contributed by atoms with Gasteiger partial charge in [-0.05, 0) is 58.2 Å². The first-order valence-electron chi connectivity index (χ1n) is 7.60. The van der Waals surface area contributed by atoms with E-state index in [1.54, 1.807) is 0 Å². The van der Waals surface area contributed by atoms with E-state index in [0.717, 1.165) is 24.4 Å². The summed E-state index contributed by atoms with van der Waals surface area (Å²) in [5.74, 6) is 1.72. The van der Waals surface area contributed by atoms with Crippen molar-refractivity contribution in [2.45, 2.75) is 51.1 Å². The summed E-state index contributed by atoms with van der Waals surface area (Å²) in [5, 5.41) is 0. The standard InChI is InChI=1S/C15H31N3/c1-12(2)13-8-15(9-13,11-16)18-7-5-6-14(10-18)17(3)4/h12-14H,5-11,16H2,1-4H3. The van der Waals surface area contributed by atoms with E-state index in [9.17, 15) is 0 Å². The monoisotopic (exact) mass is 253 g/mol. The van der Waals surface area contributed by atoms with Gasteiger partial charge in [0, 0.05) is 24.7 Å². The van der Waals surface area contributed by atoms with Crippen LogP contribution in [0.25, 0.3) is 0 Å². The first-order valence-corrected chi connectivity index (χ1v) is 7.60. The maximum absolute atomic E-state index is 6.13. The summed E-state index contributed by atoms with van der Waals surface area (Å²) in [5.41, 5.74) is 6.47. The largest absolute Gasteiger partial charge is 0.329 e. The fourth-order valence-corrected chi connectivity index (χ4v) is 3.75. The molecule has 0 aromatic rings. The number of likely N-dealkylation sites (tertiary alicyclic amines) is 1. The van der Waals surface area contributed by atoms with Gasteiger partial charge in [-0.15, -0.1) is 0 Å². The van der Waals surface area contributed by atoms with Crippen LogP contribution in [0.5, 0.6) is 0 Å². The van der Waals surface area contributed by atoms with E-state index in [1.807, 2.05) is 0 Å². The number of nitrogens with zero attached hydrogens (tertiary/aromatic N) is 2. The van der Waals surface area contributed by atoms with Gasteiger partial charge in [-0.25, -0.2) is 0 Å². The minimum Gasteiger partial charge on any atom is -0.329 e. The molecule has 1 heterocycles. The molecule has 2 aliphatic rings. The molecule has 2 N–H and O–H groups in total. The summed E-state index contributed by atoms with van der Waals surface area (Å²) in [6.07, 6.45) is 5.32. The molecule has 3 nitrogen and oxygen atoms in total. The van der Waals surface area contributed by atoms with Gasteiger partial charge in [0.25, 0.3) is 0 Å². The van der Waals surface area contributed by atoms with Crippen LogP contribution in [0, 0.1) is 11.8 Å². The highest BCUT2D eigenvalue weighted by Gasteiger charge is 2.49. The number of nitrogens with two attached hydrogens (primary N) is 1. The van der Waals surface area contributed by atoms with Gasteiger partial charge in [0.05, 0.1) is 0 Å². The number of likely N-dealkylation sites (N-methyl/N-ethyl adjacent to an activating group) is 1. The zero-order chi connectivity index (χ0) is 13.3. The fraction of sp³-hybridized carbons (Fsp3) is 1.00. The molecule has 18 heavy (non-hydrogen) atoms. The van der Waals surface area contributed by atoms with E-state index >= 15 is 0 Å². The number of piperidine rings is 1. The average molecular weight is 253 g/mol. The highest BCUT2D eigenvalue weighted by atomic mass is 15.3. The zero-order valence-electron chi connectivity index (χ0n) is 12.7. The van der Waals surface area contributed by atoms with Gasteiger partial charge in [-0.2, -0.15) is 0 Å². The molecule has 1 atom stereocenters. The third-order valence-electron chi connectivity index (χ3n) is 5.40. The van der Waals surface area contributed by atoms with Crippen LogP contribution >= 0.6 is 0 Å². The maximum atomic E-state index is 6.13. The molecule has 0 amide bonds. The Kier molecular flexibility index (Phi) is 4.35. The number of hydrogen-bond donors (Lipinski definition) is 1. The van der Waals surface area contributed by atoms with Gasteiger partial charge in [0.15, 0.2) is 0 Å². The molecule has 106 valence electrons. The molecule has 0 bridgehead atoms. The summed E-state index contributed by atoms with van der Waals surface area (Å²) in [6.45, 7) is 8.02. The van der Waals surface area contributed by atoms with Crippen molar-refractivity contribution < 1.29 is 0 Å². The van der Waals surface area contributed by atoms with Gasteiger partial charge in [0.2, 0.25) is 0 Å². The molecule has 0 spiro atoms. The Labute approximate surface area is 113 Å². The number of hydrogen-bond acceptors (Lipinski definition) is 3. The van der Waals surface area contributed by atoms with Crippen LogP contribution < -0.4 is 5.73 Å². The van der Waals surface area contributed by atoms with Gasteiger partial charge in [0.1, 0.15) is 0 Å². The predicted molar refractivity (Wildman–Crippen MR) is 77.6 cm³/mol. The second-order valence-corrected chi connectivity index (χ2v) is 7.05. The second-order valence-electron chi connectivity index (χ2n) is 7.05. The van der Waals surface area contributed by atoms with Gasteiger partial charge in [-0.3, -0.25) is 4.90 Å². The molecule has 0 radical (unpaired) electrons. The Morgan fingerprint density at radius 3 is 2.50 bits per heavy atom. The van der Waals surface area contributed by atoms with Crippen LogP contribution in [0.4, 0.5) is 0 Å². The lowest BCUT2D eigenvalue weighted by Gasteiger charge is -2.57. The van der Waals surface area contributed by atoms with E-state index in [0.29, 0.717) is 5.54 Å². The van der Waals surface area contributed by atoms with Crippen molar-refractivity contribution in [2.24, 2.45) is 17.6 Å². The van der Waals surface area contributed by atoms with Crippen LogP contribution in [0.2, 0.25) is 0 Å². The quantitative estimate of drug-likeness (QED) is 0.829. The Morgan fingerprint density at radius 2 is 2.00 bits per heavy atom. The molecule has 2 fully saturated rings. The lowest BCUT2D eigenvalue weighted by Crippen LogP contribution is -2.65. The molecule has 1 saturated heterocycles. The third kappa shape index (κ3) is 2.59. The van der Waals surface area contributed by atoms with Crippen LogP contribution in [-0.2, 0) is 0 Å². The first kappa shape index (κ1) is 14.3. The molecule has 1 saturated carbocycles. The van der Waals surface area contributed by atoms with Crippen LogP contribution in [0.1, 0.15) is 39.5 Å². The molecular formula is C15H31N3. The maximum Gasteiger partial charge on any atom is 0.0337 e. The Bertz CT molecular complexity index is 269. The summed E-state index contributed by atoms with van der Waals surface area (Å²) in [7, 11) is 4.42. The molecule has 1 aliphatic carbocycles. The predicted octanol–water partition coefficient (Wildman–Crippen LogP) is 1.78. The van der Waals surface area contributed by atoms with Gasteiger partial charge in [-0.1, -0.05) is 13.8 Å². The van der Waals surface area contributed by atoms with Crippen molar-refractivity contribution in [1.29, 1.82) is 0 Å². The van der Waals surface area contributed by atoms with Crippen molar-refractivity contribution in [1.82, 2.24) is 9.80 Å². The van der Waals surface area contributed by atoms with Crippen molar-refractivity contribution >= 4 is 0 Å². The Morgan fingerprint density at radius 1 is 1.33 bits per heavy atom. The van der Waals surface area contributed by atoms with E-state index in [2.05, 4.69) is 37.7 Å². The molecular weight excluding hydrogens is 222 g/mol. The summed E-state index contributed by atoms with van der Waals surface area (Å²) >= 11 is 0. The normalized spacial score (nSPS) is 38.2. The summed E-state index contributed by atoms with van der Waals surface area (Å²) in [6, 6.07) is 0.722. The molecule has 0 aromatic heterocycles. The summed E-state index contributed by atoms with van der Waals surface area (Å²) in [4.78, 5) is 5.09. The molecule has 1 aliphatic heterocycles. The lowest BCUT2D eigenvalue weighted by atomic mass is 9.62. The lowest BCUT2D eigenvalue weighted by molar-refractivity contribution is -0.0583. The minimum absolute atomic E-state index is 0.337. The highest BCUT2D eigenvalue weighted by molar-refractivity contribution is 5.05. The van der Waals surface area contributed by atoms with Crippen LogP contribution in [-0.4, -0.2) is 55.1 Å². The van der Waals surface area contributed by atoms with Crippen molar-refractivity contribution in [3.05, 3.63) is 0 Å². The van der Waals surface area contributed by atoms with E-state index in [1.165, 1.54) is 38.8 Å². The van der Waals surface area contributed by atoms with Crippen LogP contribution in [0.3, 0.4) is 0 Å².